The maximum absolute atomic E-state index is 12.7. The highest BCUT2D eigenvalue weighted by molar-refractivity contribution is 6.05. The molecule has 0 amide bonds. The molecule has 2 aliphatic rings. The van der Waals surface area contributed by atoms with Gasteiger partial charge in [0.2, 0.25) is 0 Å². The number of carbonyl (C=O) groups excluding carboxylic acids is 1. The summed E-state index contributed by atoms with van der Waals surface area (Å²) in [6.07, 6.45) is 3.94. The molecule has 2 atom stereocenters. The summed E-state index contributed by atoms with van der Waals surface area (Å²) in [5, 5.41) is 2.52. The summed E-state index contributed by atoms with van der Waals surface area (Å²) in [7, 11) is 2.18. The van der Waals surface area contributed by atoms with Crippen LogP contribution in [0.25, 0.3) is 16.3 Å². The topological polar surface area (TPSA) is 20.3 Å². The van der Waals surface area contributed by atoms with Gasteiger partial charge < -0.3 is 0 Å². The van der Waals surface area contributed by atoms with Crippen LogP contribution in [0.3, 0.4) is 0 Å². The van der Waals surface area contributed by atoms with Crippen molar-refractivity contribution in [2.24, 2.45) is 0 Å². The smallest absolute Gasteiger partial charge is 0.160 e. The Balaban J connectivity index is 1.88. The van der Waals surface area contributed by atoms with Crippen molar-refractivity contribution >= 4 is 22.1 Å². The van der Waals surface area contributed by atoms with Crippen molar-refractivity contribution in [3.63, 3.8) is 0 Å². The molecule has 0 saturated carbocycles. The highest BCUT2D eigenvalue weighted by Crippen LogP contribution is 2.43. The molecule has 2 aromatic carbocycles. The second-order valence-electron chi connectivity index (χ2n) is 6.85. The van der Waals surface area contributed by atoms with Crippen LogP contribution in [-0.4, -0.2) is 29.8 Å². The zero-order valence-electron chi connectivity index (χ0n) is 13.9. The van der Waals surface area contributed by atoms with E-state index >= 15 is 0 Å². The quantitative estimate of drug-likeness (QED) is 0.835. The Morgan fingerprint density at radius 3 is 2.70 bits per heavy atom. The third-order valence-electron chi connectivity index (χ3n) is 5.66. The van der Waals surface area contributed by atoms with Crippen LogP contribution in [0.2, 0.25) is 0 Å². The van der Waals surface area contributed by atoms with E-state index in [-0.39, 0.29) is 0 Å². The molecule has 1 unspecified atom stereocenters. The maximum Gasteiger partial charge on any atom is 0.160 e. The molecule has 1 saturated heterocycles. The van der Waals surface area contributed by atoms with Crippen molar-refractivity contribution in [3.05, 3.63) is 53.6 Å². The van der Waals surface area contributed by atoms with Gasteiger partial charge in [0.05, 0.1) is 0 Å². The first-order valence-electron chi connectivity index (χ1n) is 8.66. The molecule has 1 fully saturated rings. The Hall–Kier alpha value is -1.93. The second kappa shape index (κ2) is 5.61. The van der Waals surface area contributed by atoms with E-state index in [2.05, 4.69) is 54.4 Å². The SMILES string of the molecule is CCC(=O)C1=C(c2ccc3ccccc3c2)CC2CC[C@H]1N2C. The fourth-order valence-corrected chi connectivity index (χ4v) is 4.35. The molecule has 0 aliphatic carbocycles. The van der Waals surface area contributed by atoms with E-state index in [0.29, 0.717) is 24.3 Å². The molecule has 0 aromatic heterocycles. The van der Waals surface area contributed by atoms with E-state index in [1.807, 2.05) is 6.92 Å². The largest absolute Gasteiger partial charge is 0.296 e. The van der Waals surface area contributed by atoms with Gasteiger partial charge in [-0.3, -0.25) is 9.69 Å². The molecule has 2 bridgehead atoms. The molecule has 2 aliphatic heterocycles. The van der Waals surface area contributed by atoms with Crippen molar-refractivity contribution in [2.75, 3.05) is 7.05 Å². The van der Waals surface area contributed by atoms with Crippen molar-refractivity contribution < 1.29 is 4.79 Å². The fourth-order valence-electron chi connectivity index (χ4n) is 4.35. The van der Waals surface area contributed by atoms with Gasteiger partial charge in [-0.25, -0.2) is 0 Å². The van der Waals surface area contributed by atoms with Gasteiger partial charge in [-0.2, -0.15) is 0 Å². The number of Topliss-reactive ketones (excluding diaryl/α,β-unsaturated/α-hetero) is 1. The Bertz CT molecular complexity index is 804. The van der Waals surface area contributed by atoms with Gasteiger partial charge in [-0.1, -0.05) is 43.3 Å². The molecule has 2 heterocycles. The van der Waals surface area contributed by atoms with Crippen LogP contribution >= 0.6 is 0 Å². The standard InChI is InChI=1S/C21H23NO/c1-3-20(23)21-18(13-17-10-11-19(21)22(17)2)16-9-8-14-6-4-5-7-15(14)12-16/h4-9,12,17,19H,3,10-11,13H2,1-2H3/t17?,19-/m1/s1. The first-order chi connectivity index (χ1) is 11.2. The number of rotatable bonds is 3. The number of fused-ring (bicyclic) bond motifs is 3. The first kappa shape index (κ1) is 14.6. The summed E-state index contributed by atoms with van der Waals surface area (Å²) in [6.45, 7) is 1.98. The van der Waals surface area contributed by atoms with Gasteiger partial charge in [-0.15, -0.1) is 0 Å². The first-order valence-corrected chi connectivity index (χ1v) is 8.66. The van der Waals surface area contributed by atoms with E-state index in [0.717, 1.165) is 18.4 Å². The fraction of sp³-hybridized carbons (Fsp3) is 0.381. The summed E-state index contributed by atoms with van der Waals surface area (Å²) < 4.78 is 0. The van der Waals surface area contributed by atoms with Crippen molar-refractivity contribution in [3.8, 4) is 0 Å². The van der Waals surface area contributed by atoms with Crippen LogP contribution in [0.1, 0.15) is 38.2 Å². The maximum atomic E-state index is 12.7. The van der Waals surface area contributed by atoms with Crippen LogP contribution < -0.4 is 0 Å². The van der Waals surface area contributed by atoms with Gasteiger partial charge in [0, 0.05) is 24.1 Å². The molecule has 2 aromatic rings. The minimum atomic E-state index is 0.322. The predicted octanol–water partition coefficient (Wildman–Crippen LogP) is 4.44. The van der Waals surface area contributed by atoms with Crippen molar-refractivity contribution in [1.82, 2.24) is 4.90 Å². The average Bonchev–Trinajstić information content (AvgIpc) is 2.83. The van der Waals surface area contributed by atoms with Gasteiger partial charge >= 0.3 is 0 Å². The molecule has 2 nitrogen and oxygen atoms in total. The lowest BCUT2D eigenvalue weighted by atomic mass is 9.85. The molecule has 0 radical (unpaired) electrons. The number of likely N-dealkylation sites (N-methyl/N-ethyl adjacent to an activating group) is 1. The summed E-state index contributed by atoms with van der Waals surface area (Å²) in [5.74, 6) is 0.324. The molecular formula is C21H23NO. The molecule has 0 spiro atoms. The molecule has 2 heteroatoms. The number of hydrogen-bond donors (Lipinski definition) is 0. The minimum absolute atomic E-state index is 0.322. The second-order valence-corrected chi connectivity index (χ2v) is 6.85. The highest BCUT2D eigenvalue weighted by atomic mass is 16.1. The van der Waals surface area contributed by atoms with E-state index in [9.17, 15) is 4.79 Å². The zero-order valence-corrected chi connectivity index (χ0v) is 13.9. The lowest BCUT2D eigenvalue weighted by Crippen LogP contribution is -2.39. The van der Waals surface area contributed by atoms with Crippen LogP contribution in [0.5, 0.6) is 0 Å². The average molecular weight is 305 g/mol. The Morgan fingerprint density at radius 1 is 1.13 bits per heavy atom. The third kappa shape index (κ3) is 2.33. The molecule has 4 rings (SSSR count). The lowest BCUT2D eigenvalue weighted by Gasteiger charge is -2.35. The van der Waals surface area contributed by atoms with Crippen LogP contribution in [-0.2, 0) is 4.79 Å². The van der Waals surface area contributed by atoms with Crippen molar-refractivity contribution in [2.45, 2.75) is 44.7 Å². The summed E-state index contributed by atoms with van der Waals surface area (Å²) in [4.78, 5) is 15.1. The minimum Gasteiger partial charge on any atom is -0.296 e. The monoisotopic (exact) mass is 305 g/mol. The Labute approximate surface area is 137 Å². The van der Waals surface area contributed by atoms with Gasteiger partial charge in [0.15, 0.2) is 5.78 Å². The Morgan fingerprint density at radius 2 is 1.91 bits per heavy atom. The van der Waals surface area contributed by atoms with Crippen LogP contribution in [0.4, 0.5) is 0 Å². The highest BCUT2D eigenvalue weighted by Gasteiger charge is 2.41. The number of benzene rings is 2. The van der Waals surface area contributed by atoms with Gasteiger partial charge in [0.1, 0.15) is 0 Å². The number of ketones is 1. The molecule has 23 heavy (non-hydrogen) atoms. The lowest BCUT2D eigenvalue weighted by molar-refractivity contribution is -0.115. The van der Waals surface area contributed by atoms with Gasteiger partial charge in [-0.05, 0) is 54.3 Å². The zero-order chi connectivity index (χ0) is 16.0. The number of hydrogen-bond acceptors (Lipinski definition) is 2. The van der Waals surface area contributed by atoms with E-state index < -0.39 is 0 Å². The third-order valence-corrected chi connectivity index (χ3v) is 5.66. The van der Waals surface area contributed by atoms with Gasteiger partial charge in [0.25, 0.3) is 0 Å². The number of nitrogens with zero attached hydrogens (tertiary/aromatic N) is 1. The Kier molecular flexibility index (Phi) is 3.57. The normalized spacial score (nSPS) is 24.4. The van der Waals surface area contributed by atoms with E-state index in [1.165, 1.54) is 28.3 Å². The molecule has 118 valence electrons. The molecule has 0 N–H and O–H groups in total. The summed E-state index contributed by atoms with van der Waals surface area (Å²) in [5.41, 5.74) is 3.62. The van der Waals surface area contributed by atoms with E-state index in [4.69, 9.17) is 0 Å². The molecular weight excluding hydrogens is 282 g/mol. The summed E-state index contributed by atoms with van der Waals surface area (Å²) in [6, 6.07) is 16.0. The van der Waals surface area contributed by atoms with Crippen LogP contribution in [0.15, 0.2) is 48.0 Å². The number of carbonyl (C=O) groups is 1. The summed E-state index contributed by atoms with van der Waals surface area (Å²) >= 11 is 0. The van der Waals surface area contributed by atoms with Crippen molar-refractivity contribution in [1.29, 1.82) is 0 Å². The predicted molar refractivity (Wildman–Crippen MR) is 95.4 cm³/mol. The van der Waals surface area contributed by atoms with Crippen LogP contribution in [0, 0.1) is 0 Å². The van der Waals surface area contributed by atoms with E-state index in [1.54, 1.807) is 0 Å².